The summed E-state index contributed by atoms with van der Waals surface area (Å²) in [6.45, 7) is 2.68. The van der Waals surface area contributed by atoms with E-state index in [0.717, 1.165) is 48.4 Å². The predicted molar refractivity (Wildman–Crippen MR) is 80.3 cm³/mol. The number of carbonyl (C=O) groups is 1. The van der Waals surface area contributed by atoms with Crippen molar-refractivity contribution in [1.82, 2.24) is 10.2 Å². The van der Waals surface area contributed by atoms with Gasteiger partial charge in [0.1, 0.15) is 5.76 Å². The third-order valence-corrected chi connectivity index (χ3v) is 3.81. The number of carbonyl (C=O) groups excluding carboxylic acids is 1. The molecule has 0 radical (unpaired) electrons. The summed E-state index contributed by atoms with van der Waals surface area (Å²) in [6.07, 6.45) is 2.24. The number of hydrogen-bond acceptors (Lipinski definition) is 4. The number of hydrogen-bond donors (Lipinski definition) is 1. The zero-order valence-electron chi connectivity index (χ0n) is 12.2. The lowest BCUT2D eigenvalue weighted by molar-refractivity contribution is -0.129. The molecule has 3 rings (SSSR count). The van der Waals surface area contributed by atoms with E-state index in [2.05, 4.69) is 5.32 Å². The second kappa shape index (κ2) is 6.18. The smallest absolute Gasteiger partial charge is 0.236 e. The molecular formula is C16H20N2O3. The van der Waals surface area contributed by atoms with Crippen LogP contribution in [0.4, 0.5) is 0 Å². The quantitative estimate of drug-likeness (QED) is 0.916. The normalized spacial score (nSPS) is 14.8. The van der Waals surface area contributed by atoms with Crippen LogP contribution in [-0.4, -0.2) is 37.6 Å². The van der Waals surface area contributed by atoms with Crippen molar-refractivity contribution in [3.63, 3.8) is 0 Å². The van der Waals surface area contributed by atoms with Crippen molar-refractivity contribution in [2.45, 2.75) is 19.4 Å². The van der Waals surface area contributed by atoms with E-state index < -0.39 is 0 Å². The second-order valence-corrected chi connectivity index (χ2v) is 5.28. The lowest BCUT2D eigenvalue weighted by atomic mass is 10.2. The van der Waals surface area contributed by atoms with Gasteiger partial charge in [0.25, 0.3) is 0 Å². The molecule has 0 spiro atoms. The monoisotopic (exact) mass is 288 g/mol. The summed E-state index contributed by atoms with van der Waals surface area (Å²) in [6, 6.07) is 7.77. The molecule has 1 N–H and O–H groups in total. The van der Waals surface area contributed by atoms with Crippen molar-refractivity contribution in [2.24, 2.45) is 0 Å². The van der Waals surface area contributed by atoms with Crippen molar-refractivity contribution < 1.29 is 13.9 Å². The molecule has 1 aliphatic rings. The fourth-order valence-corrected chi connectivity index (χ4v) is 2.71. The molecule has 2 heterocycles. The van der Waals surface area contributed by atoms with Crippen LogP contribution in [0.2, 0.25) is 0 Å². The van der Waals surface area contributed by atoms with E-state index >= 15 is 0 Å². The van der Waals surface area contributed by atoms with Crippen LogP contribution in [0.3, 0.4) is 0 Å². The fraction of sp³-hybridized carbons (Fsp3) is 0.438. The van der Waals surface area contributed by atoms with Crippen LogP contribution >= 0.6 is 0 Å². The van der Waals surface area contributed by atoms with E-state index in [0.29, 0.717) is 13.1 Å². The third kappa shape index (κ3) is 3.03. The van der Waals surface area contributed by atoms with Gasteiger partial charge in [-0.2, -0.15) is 0 Å². The number of ether oxygens (including phenoxy) is 1. The highest BCUT2D eigenvalue weighted by molar-refractivity contribution is 5.83. The number of likely N-dealkylation sites (tertiary alicyclic amines) is 1. The Morgan fingerprint density at radius 2 is 2.19 bits per heavy atom. The standard InChI is InChI=1S/C16H20N2O3/c1-20-14-6-4-5-12-9-13(21-16(12)14)10-17-11-15(19)18-7-2-3-8-18/h4-6,9,17H,2-3,7-8,10-11H2,1H3. The van der Waals surface area contributed by atoms with Gasteiger partial charge in [-0.15, -0.1) is 0 Å². The van der Waals surface area contributed by atoms with Gasteiger partial charge in [0.2, 0.25) is 5.91 Å². The molecule has 0 atom stereocenters. The van der Waals surface area contributed by atoms with Crippen LogP contribution in [0.1, 0.15) is 18.6 Å². The first-order chi connectivity index (χ1) is 10.3. The molecule has 1 fully saturated rings. The Hall–Kier alpha value is -2.01. The molecular weight excluding hydrogens is 268 g/mol. The Balaban J connectivity index is 1.59. The maximum absolute atomic E-state index is 11.9. The summed E-state index contributed by atoms with van der Waals surface area (Å²) in [4.78, 5) is 13.8. The molecule has 21 heavy (non-hydrogen) atoms. The molecule has 1 aromatic carbocycles. The highest BCUT2D eigenvalue weighted by Gasteiger charge is 2.17. The molecule has 1 amide bonds. The molecule has 0 saturated carbocycles. The van der Waals surface area contributed by atoms with Gasteiger partial charge in [-0.05, 0) is 25.0 Å². The van der Waals surface area contributed by atoms with Gasteiger partial charge in [-0.1, -0.05) is 12.1 Å². The number of nitrogens with one attached hydrogen (secondary N) is 1. The van der Waals surface area contributed by atoms with Crippen LogP contribution in [0.25, 0.3) is 11.0 Å². The Morgan fingerprint density at radius 3 is 2.95 bits per heavy atom. The number of methoxy groups -OCH3 is 1. The van der Waals surface area contributed by atoms with E-state index in [4.69, 9.17) is 9.15 Å². The maximum Gasteiger partial charge on any atom is 0.236 e. The van der Waals surface area contributed by atoms with Gasteiger partial charge >= 0.3 is 0 Å². The maximum atomic E-state index is 11.9. The van der Waals surface area contributed by atoms with Crippen molar-refractivity contribution >= 4 is 16.9 Å². The Kier molecular flexibility index (Phi) is 4.10. The van der Waals surface area contributed by atoms with Crippen molar-refractivity contribution in [3.05, 3.63) is 30.0 Å². The third-order valence-electron chi connectivity index (χ3n) is 3.81. The molecule has 0 aliphatic carbocycles. The highest BCUT2D eigenvalue weighted by atomic mass is 16.5. The van der Waals surface area contributed by atoms with Gasteiger partial charge in [-0.25, -0.2) is 0 Å². The van der Waals surface area contributed by atoms with Crippen molar-refractivity contribution in [1.29, 1.82) is 0 Å². The Labute approximate surface area is 123 Å². The lowest BCUT2D eigenvalue weighted by Crippen LogP contribution is -2.35. The molecule has 5 heteroatoms. The average Bonchev–Trinajstić information content (AvgIpc) is 3.15. The number of amides is 1. The molecule has 2 aromatic rings. The largest absolute Gasteiger partial charge is 0.493 e. The average molecular weight is 288 g/mol. The Bertz CT molecular complexity index is 629. The Morgan fingerprint density at radius 1 is 1.38 bits per heavy atom. The first-order valence-corrected chi connectivity index (χ1v) is 7.32. The minimum Gasteiger partial charge on any atom is -0.493 e. The summed E-state index contributed by atoms with van der Waals surface area (Å²) in [5.74, 6) is 1.71. The van der Waals surface area contributed by atoms with E-state index in [-0.39, 0.29) is 5.91 Å². The number of benzene rings is 1. The van der Waals surface area contributed by atoms with Crippen LogP contribution in [-0.2, 0) is 11.3 Å². The van der Waals surface area contributed by atoms with Crippen molar-refractivity contribution in [2.75, 3.05) is 26.7 Å². The zero-order valence-corrected chi connectivity index (χ0v) is 12.2. The van der Waals surface area contributed by atoms with Gasteiger partial charge < -0.3 is 19.4 Å². The topological polar surface area (TPSA) is 54.7 Å². The van der Waals surface area contributed by atoms with Crippen LogP contribution in [0.15, 0.2) is 28.7 Å². The zero-order chi connectivity index (χ0) is 14.7. The second-order valence-electron chi connectivity index (χ2n) is 5.28. The summed E-state index contributed by atoms with van der Waals surface area (Å²) >= 11 is 0. The molecule has 1 aromatic heterocycles. The minimum atomic E-state index is 0.168. The molecule has 1 aliphatic heterocycles. The summed E-state index contributed by atoms with van der Waals surface area (Å²) in [5.41, 5.74) is 0.752. The minimum absolute atomic E-state index is 0.168. The SMILES string of the molecule is COc1cccc2cc(CNCC(=O)N3CCCC3)oc12. The van der Waals surface area contributed by atoms with E-state index in [1.807, 2.05) is 29.2 Å². The molecule has 112 valence electrons. The number of para-hydroxylation sites is 1. The van der Waals surface area contributed by atoms with Gasteiger partial charge in [-0.3, -0.25) is 4.79 Å². The number of rotatable bonds is 5. The van der Waals surface area contributed by atoms with Gasteiger partial charge in [0.05, 0.1) is 20.2 Å². The number of nitrogens with zero attached hydrogens (tertiary/aromatic N) is 1. The van der Waals surface area contributed by atoms with Crippen LogP contribution < -0.4 is 10.1 Å². The number of fused-ring (bicyclic) bond motifs is 1. The van der Waals surface area contributed by atoms with Crippen LogP contribution in [0.5, 0.6) is 5.75 Å². The first kappa shape index (κ1) is 13.9. The van der Waals surface area contributed by atoms with Gasteiger partial charge in [0.15, 0.2) is 11.3 Å². The van der Waals surface area contributed by atoms with Crippen LogP contribution in [0, 0.1) is 0 Å². The van der Waals surface area contributed by atoms with Crippen molar-refractivity contribution in [3.8, 4) is 5.75 Å². The summed E-state index contributed by atoms with van der Waals surface area (Å²) in [7, 11) is 1.63. The lowest BCUT2D eigenvalue weighted by Gasteiger charge is -2.14. The summed E-state index contributed by atoms with van der Waals surface area (Å²) in [5, 5.41) is 4.16. The molecule has 0 unspecified atom stereocenters. The van der Waals surface area contributed by atoms with E-state index in [1.54, 1.807) is 7.11 Å². The van der Waals surface area contributed by atoms with Gasteiger partial charge in [0, 0.05) is 18.5 Å². The molecule has 5 nitrogen and oxygen atoms in total. The van der Waals surface area contributed by atoms with E-state index in [9.17, 15) is 4.79 Å². The highest BCUT2D eigenvalue weighted by Crippen LogP contribution is 2.28. The van der Waals surface area contributed by atoms with E-state index in [1.165, 1.54) is 0 Å². The number of furan rings is 1. The first-order valence-electron chi connectivity index (χ1n) is 7.32. The molecule has 0 bridgehead atoms. The fourth-order valence-electron chi connectivity index (χ4n) is 2.71. The predicted octanol–water partition coefficient (Wildman–Crippen LogP) is 2.15. The summed E-state index contributed by atoms with van der Waals surface area (Å²) < 4.78 is 11.1. The molecule has 1 saturated heterocycles.